The zero-order valence-electron chi connectivity index (χ0n) is 16.3. The van der Waals surface area contributed by atoms with E-state index in [-0.39, 0.29) is 5.82 Å². The number of aromatic nitrogens is 1. The van der Waals surface area contributed by atoms with Crippen LogP contribution in [0.4, 0.5) is 4.39 Å². The van der Waals surface area contributed by atoms with Crippen molar-refractivity contribution in [3.63, 3.8) is 0 Å². The highest BCUT2D eigenvalue weighted by atomic mass is 19.1. The second kappa shape index (κ2) is 8.19. The topological polar surface area (TPSA) is 68.4 Å². The number of hydroxylamine groups is 1. The number of halogens is 1. The van der Waals surface area contributed by atoms with Gasteiger partial charge in [0.25, 0.3) is 5.91 Å². The predicted molar refractivity (Wildman–Crippen MR) is 111 cm³/mol. The summed E-state index contributed by atoms with van der Waals surface area (Å²) in [7, 11) is 2.15. The van der Waals surface area contributed by atoms with Crippen LogP contribution in [0.3, 0.4) is 0 Å². The number of nitrogens with one attached hydrogen (secondary N) is 2. The van der Waals surface area contributed by atoms with E-state index < -0.39 is 5.91 Å². The van der Waals surface area contributed by atoms with Crippen LogP contribution in [0.25, 0.3) is 17.0 Å². The fourth-order valence-corrected chi connectivity index (χ4v) is 4.20. The van der Waals surface area contributed by atoms with Crippen LogP contribution in [-0.2, 0) is 17.6 Å². The minimum absolute atomic E-state index is 0.225. The third-order valence-corrected chi connectivity index (χ3v) is 5.75. The average molecular weight is 393 g/mol. The van der Waals surface area contributed by atoms with Gasteiger partial charge >= 0.3 is 0 Å². The first-order valence-electron chi connectivity index (χ1n) is 9.76. The van der Waals surface area contributed by atoms with Crippen LogP contribution >= 0.6 is 0 Å². The maximum Gasteiger partial charge on any atom is 0.267 e. The molecule has 1 unspecified atom stereocenters. The molecule has 0 fully saturated rings. The van der Waals surface area contributed by atoms with Crippen molar-refractivity contribution in [2.45, 2.75) is 25.3 Å². The van der Waals surface area contributed by atoms with E-state index in [1.54, 1.807) is 11.6 Å². The van der Waals surface area contributed by atoms with E-state index in [0.717, 1.165) is 42.3 Å². The molecule has 29 heavy (non-hydrogen) atoms. The SMILES string of the molecule is CN(CCc1c[nH]c2cc(F)ccc12)C1CCc2cc(/C=C/C(=O)NO)ccc21. The van der Waals surface area contributed by atoms with Crippen molar-refractivity contribution < 1.29 is 14.4 Å². The third-order valence-electron chi connectivity index (χ3n) is 5.75. The molecule has 6 heteroatoms. The Morgan fingerprint density at radius 3 is 3.03 bits per heavy atom. The summed E-state index contributed by atoms with van der Waals surface area (Å²) in [6, 6.07) is 11.5. The zero-order valence-corrected chi connectivity index (χ0v) is 16.3. The van der Waals surface area contributed by atoms with E-state index in [1.165, 1.54) is 34.9 Å². The van der Waals surface area contributed by atoms with E-state index in [1.807, 2.05) is 18.3 Å². The van der Waals surface area contributed by atoms with E-state index >= 15 is 0 Å². The second-order valence-corrected chi connectivity index (χ2v) is 7.56. The number of fused-ring (bicyclic) bond motifs is 2. The van der Waals surface area contributed by atoms with Crippen molar-refractivity contribution in [3.05, 3.63) is 76.7 Å². The molecule has 1 aliphatic rings. The Kier molecular flexibility index (Phi) is 5.47. The van der Waals surface area contributed by atoms with Gasteiger partial charge in [0.15, 0.2) is 0 Å². The number of hydrogen-bond acceptors (Lipinski definition) is 3. The fourth-order valence-electron chi connectivity index (χ4n) is 4.20. The first-order chi connectivity index (χ1) is 14.0. The number of likely N-dealkylation sites (N-methyl/N-ethyl adjacent to an activating group) is 1. The molecule has 1 atom stereocenters. The Balaban J connectivity index is 1.43. The minimum Gasteiger partial charge on any atom is -0.361 e. The Hall–Kier alpha value is -2.96. The number of hydrogen-bond donors (Lipinski definition) is 3. The van der Waals surface area contributed by atoms with Crippen LogP contribution in [0, 0.1) is 5.82 Å². The number of H-pyrrole nitrogens is 1. The van der Waals surface area contributed by atoms with E-state index in [2.05, 4.69) is 29.1 Å². The Morgan fingerprint density at radius 1 is 1.34 bits per heavy atom. The molecule has 1 amide bonds. The molecule has 150 valence electrons. The molecule has 1 aliphatic carbocycles. The number of carbonyl (C=O) groups excluding carboxylic acids is 1. The van der Waals surface area contributed by atoms with Gasteiger partial charge in [-0.15, -0.1) is 0 Å². The minimum atomic E-state index is -0.539. The van der Waals surface area contributed by atoms with E-state index in [9.17, 15) is 9.18 Å². The fraction of sp³-hybridized carbons (Fsp3) is 0.261. The molecule has 0 aliphatic heterocycles. The molecule has 0 spiro atoms. The van der Waals surface area contributed by atoms with Gasteiger partial charge in [0.05, 0.1) is 0 Å². The van der Waals surface area contributed by atoms with E-state index in [0.29, 0.717) is 6.04 Å². The number of rotatable bonds is 6. The Bertz CT molecular complexity index is 1070. The highest BCUT2D eigenvalue weighted by Crippen LogP contribution is 2.36. The number of aryl methyl sites for hydroxylation is 1. The van der Waals surface area contributed by atoms with Crippen molar-refractivity contribution in [1.82, 2.24) is 15.4 Å². The molecule has 1 heterocycles. The highest BCUT2D eigenvalue weighted by Gasteiger charge is 2.25. The first kappa shape index (κ1) is 19.4. The van der Waals surface area contributed by atoms with Gasteiger partial charge in [-0.25, -0.2) is 9.87 Å². The molecule has 1 aromatic heterocycles. The van der Waals surface area contributed by atoms with Gasteiger partial charge in [-0.05, 0) is 72.8 Å². The summed E-state index contributed by atoms with van der Waals surface area (Å²) < 4.78 is 13.4. The smallest absolute Gasteiger partial charge is 0.267 e. The van der Waals surface area contributed by atoms with Gasteiger partial charge in [0.1, 0.15) is 5.82 Å². The number of aromatic amines is 1. The first-order valence-corrected chi connectivity index (χ1v) is 9.76. The Morgan fingerprint density at radius 2 is 2.21 bits per heavy atom. The summed E-state index contributed by atoms with van der Waals surface area (Å²) in [5.74, 6) is -0.764. The monoisotopic (exact) mass is 393 g/mol. The van der Waals surface area contributed by atoms with Gasteiger partial charge < -0.3 is 4.98 Å². The predicted octanol–water partition coefficient (Wildman–Crippen LogP) is 3.99. The normalized spacial score (nSPS) is 16.1. The van der Waals surface area contributed by atoms with Crippen molar-refractivity contribution in [3.8, 4) is 0 Å². The summed E-state index contributed by atoms with van der Waals surface area (Å²) in [5, 5.41) is 9.66. The van der Waals surface area contributed by atoms with Crippen molar-refractivity contribution in [2.24, 2.45) is 0 Å². The van der Waals surface area contributed by atoms with Crippen LogP contribution in [0.2, 0.25) is 0 Å². The Labute approximate surface area is 168 Å². The van der Waals surface area contributed by atoms with Crippen LogP contribution in [0.5, 0.6) is 0 Å². The van der Waals surface area contributed by atoms with Gasteiger partial charge in [0.2, 0.25) is 0 Å². The summed E-state index contributed by atoms with van der Waals surface area (Å²) in [6.07, 6.45) is 7.95. The summed E-state index contributed by atoms with van der Waals surface area (Å²) >= 11 is 0. The quantitative estimate of drug-likeness (QED) is 0.337. The zero-order chi connectivity index (χ0) is 20.4. The summed E-state index contributed by atoms with van der Waals surface area (Å²) in [5.41, 5.74) is 7.21. The molecular weight excluding hydrogens is 369 g/mol. The van der Waals surface area contributed by atoms with Gasteiger partial charge in [0, 0.05) is 35.8 Å². The standard InChI is InChI=1S/C23H24FN3O2/c1-27(11-10-17-14-25-21-13-18(24)5-7-19(17)21)22-8-4-16-12-15(2-6-20(16)22)3-9-23(28)26-29/h2-3,5-7,9,12-14,22,25,29H,4,8,10-11H2,1H3,(H,26,28)/b9-3+. The maximum absolute atomic E-state index is 13.4. The molecule has 3 N–H and O–H groups in total. The lowest BCUT2D eigenvalue weighted by Gasteiger charge is -2.25. The lowest BCUT2D eigenvalue weighted by atomic mass is 10.0. The molecule has 2 aromatic carbocycles. The second-order valence-electron chi connectivity index (χ2n) is 7.56. The van der Waals surface area contributed by atoms with Gasteiger partial charge in [-0.1, -0.05) is 18.2 Å². The largest absolute Gasteiger partial charge is 0.361 e. The van der Waals surface area contributed by atoms with Crippen molar-refractivity contribution >= 4 is 22.9 Å². The number of amides is 1. The average Bonchev–Trinajstić information content (AvgIpc) is 3.33. The van der Waals surface area contributed by atoms with Crippen LogP contribution in [0.15, 0.2) is 48.7 Å². The molecule has 4 rings (SSSR count). The van der Waals surface area contributed by atoms with Crippen LogP contribution in [0.1, 0.15) is 34.7 Å². The third kappa shape index (κ3) is 4.09. The van der Waals surface area contributed by atoms with Crippen LogP contribution in [-0.4, -0.2) is 34.6 Å². The molecule has 0 bridgehead atoms. The van der Waals surface area contributed by atoms with Crippen molar-refractivity contribution in [1.29, 1.82) is 0 Å². The summed E-state index contributed by atoms with van der Waals surface area (Å²) in [4.78, 5) is 16.7. The van der Waals surface area contributed by atoms with Crippen molar-refractivity contribution in [2.75, 3.05) is 13.6 Å². The van der Waals surface area contributed by atoms with E-state index in [4.69, 9.17) is 5.21 Å². The van der Waals surface area contributed by atoms with Gasteiger partial charge in [-0.3, -0.25) is 14.9 Å². The molecule has 3 aromatic rings. The lowest BCUT2D eigenvalue weighted by Crippen LogP contribution is -2.25. The van der Waals surface area contributed by atoms with Gasteiger partial charge in [-0.2, -0.15) is 0 Å². The molecule has 0 saturated carbocycles. The molecule has 5 nitrogen and oxygen atoms in total. The number of carbonyl (C=O) groups is 1. The molecule has 0 saturated heterocycles. The number of nitrogens with zero attached hydrogens (tertiary/aromatic N) is 1. The lowest BCUT2D eigenvalue weighted by molar-refractivity contribution is -0.124. The highest BCUT2D eigenvalue weighted by molar-refractivity contribution is 5.90. The van der Waals surface area contributed by atoms with Crippen LogP contribution < -0.4 is 5.48 Å². The molecule has 0 radical (unpaired) electrons. The summed E-state index contributed by atoms with van der Waals surface area (Å²) in [6.45, 7) is 0.909. The maximum atomic E-state index is 13.4. The number of benzene rings is 2. The molecular formula is C23H24FN3O2.